The van der Waals surface area contributed by atoms with Gasteiger partial charge in [0.2, 0.25) is 4.96 Å². The lowest BCUT2D eigenvalue weighted by atomic mass is 10.2. The van der Waals surface area contributed by atoms with Gasteiger partial charge in [0, 0.05) is 11.8 Å². The molecule has 0 fully saturated rings. The lowest BCUT2D eigenvalue weighted by Crippen LogP contribution is -2.16. The lowest BCUT2D eigenvalue weighted by Gasteiger charge is -2.07. The third-order valence-electron chi connectivity index (χ3n) is 3.40. The van der Waals surface area contributed by atoms with Crippen LogP contribution in [-0.4, -0.2) is 27.7 Å². The number of carbonyl (C=O) groups is 1. The van der Waals surface area contributed by atoms with E-state index < -0.39 is 5.97 Å². The van der Waals surface area contributed by atoms with Crippen molar-refractivity contribution < 1.29 is 9.53 Å². The van der Waals surface area contributed by atoms with Gasteiger partial charge in [-0.3, -0.25) is 4.79 Å². The quantitative estimate of drug-likeness (QED) is 0.714. The second kappa shape index (κ2) is 6.79. The fourth-order valence-corrected chi connectivity index (χ4v) is 3.05. The first-order chi connectivity index (χ1) is 11.6. The average molecular weight is 344 g/mol. The molecule has 2 heterocycles. The van der Waals surface area contributed by atoms with Gasteiger partial charge in [-0.25, -0.2) is 9.78 Å². The van der Waals surface area contributed by atoms with Gasteiger partial charge in [0.05, 0.1) is 24.9 Å². The largest absolute Gasteiger partial charge is 0.465 e. The maximum absolute atomic E-state index is 12.1. The molecule has 0 bridgehead atoms. The molecule has 0 saturated heterocycles. The fourth-order valence-electron chi connectivity index (χ4n) is 2.20. The monoisotopic (exact) mass is 344 g/mol. The number of methoxy groups -OCH3 is 1. The van der Waals surface area contributed by atoms with E-state index in [-0.39, 0.29) is 5.56 Å². The number of anilines is 1. The molecule has 124 valence electrons. The summed E-state index contributed by atoms with van der Waals surface area (Å²) in [6.45, 7) is 2.36. The first-order valence-electron chi connectivity index (χ1n) is 7.41. The second-order valence-corrected chi connectivity index (χ2v) is 6.10. The predicted octanol–water partition coefficient (Wildman–Crippen LogP) is 2.11. The number of ether oxygens (including phenoxy) is 1. The number of fused-ring (bicyclic) bond motifs is 1. The summed E-state index contributed by atoms with van der Waals surface area (Å²) < 4.78 is 6.03. The van der Waals surface area contributed by atoms with Gasteiger partial charge < -0.3 is 10.1 Å². The standard InChI is InChI=1S/C16H16N4O3S/c1-3-13-19-20-14(21)8-12(18-16(20)24-13)9-17-11-6-4-5-10(7-11)15(22)23-2/h4-8,17H,3,9H2,1-2H3. The Morgan fingerprint density at radius 2 is 2.21 bits per heavy atom. The third-order valence-corrected chi connectivity index (χ3v) is 4.45. The molecule has 0 amide bonds. The van der Waals surface area contributed by atoms with Crippen molar-refractivity contribution >= 4 is 28.0 Å². The zero-order chi connectivity index (χ0) is 17.1. The Bertz CT molecular complexity index is 948. The fraction of sp³-hybridized carbons (Fsp3) is 0.250. The van der Waals surface area contributed by atoms with E-state index in [1.54, 1.807) is 18.2 Å². The predicted molar refractivity (Wildman–Crippen MR) is 91.6 cm³/mol. The molecule has 24 heavy (non-hydrogen) atoms. The SMILES string of the molecule is CCc1nn2c(=O)cc(CNc3cccc(C(=O)OC)c3)nc2s1. The van der Waals surface area contributed by atoms with Gasteiger partial charge in [-0.15, -0.1) is 0 Å². The van der Waals surface area contributed by atoms with Crippen LogP contribution in [0.4, 0.5) is 5.69 Å². The van der Waals surface area contributed by atoms with Gasteiger partial charge in [0.25, 0.3) is 5.56 Å². The van der Waals surface area contributed by atoms with E-state index >= 15 is 0 Å². The summed E-state index contributed by atoms with van der Waals surface area (Å²) in [4.78, 5) is 28.7. The van der Waals surface area contributed by atoms with E-state index in [0.29, 0.717) is 22.8 Å². The number of benzene rings is 1. The molecule has 0 spiro atoms. The number of aryl methyl sites for hydroxylation is 1. The highest BCUT2D eigenvalue weighted by Gasteiger charge is 2.09. The van der Waals surface area contributed by atoms with E-state index in [9.17, 15) is 9.59 Å². The molecular formula is C16H16N4O3S. The van der Waals surface area contributed by atoms with Gasteiger partial charge in [-0.2, -0.15) is 9.61 Å². The number of carbonyl (C=O) groups excluding carboxylic acids is 1. The second-order valence-electron chi connectivity index (χ2n) is 5.06. The molecule has 0 saturated carbocycles. The third kappa shape index (κ3) is 3.28. The number of nitrogens with zero attached hydrogens (tertiary/aromatic N) is 3. The molecule has 1 N–H and O–H groups in total. The van der Waals surface area contributed by atoms with Gasteiger partial charge in [-0.05, 0) is 24.6 Å². The minimum Gasteiger partial charge on any atom is -0.465 e. The van der Waals surface area contributed by atoms with Crippen molar-refractivity contribution in [2.24, 2.45) is 0 Å². The Labute approximate surface area is 141 Å². The molecule has 0 aliphatic heterocycles. The van der Waals surface area contributed by atoms with Crippen LogP contribution in [-0.2, 0) is 17.7 Å². The van der Waals surface area contributed by atoms with Crippen molar-refractivity contribution in [1.29, 1.82) is 0 Å². The van der Waals surface area contributed by atoms with Crippen molar-refractivity contribution in [1.82, 2.24) is 14.6 Å². The molecule has 1 aromatic carbocycles. The van der Waals surface area contributed by atoms with E-state index in [4.69, 9.17) is 4.74 Å². The maximum atomic E-state index is 12.1. The normalized spacial score (nSPS) is 10.8. The van der Waals surface area contributed by atoms with E-state index in [0.717, 1.165) is 17.1 Å². The minimum atomic E-state index is -0.395. The number of hydrogen-bond acceptors (Lipinski definition) is 7. The molecule has 0 aliphatic carbocycles. The molecule has 7 nitrogen and oxygen atoms in total. The summed E-state index contributed by atoms with van der Waals surface area (Å²) in [5.41, 5.74) is 1.63. The van der Waals surface area contributed by atoms with Gasteiger partial charge in [-0.1, -0.05) is 24.3 Å². The molecule has 0 aliphatic rings. The zero-order valence-electron chi connectivity index (χ0n) is 13.3. The highest BCUT2D eigenvalue weighted by Crippen LogP contribution is 2.14. The van der Waals surface area contributed by atoms with Crippen LogP contribution in [0, 0.1) is 0 Å². The van der Waals surface area contributed by atoms with Crippen LogP contribution in [0.3, 0.4) is 0 Å². The van der Waals surface area contributed by atoms with Crippen LogP contribution in [0.5, 0.6) is 0 Å². The Balaban J connectivity index is 1.80. The minimum absolute atomic E-state index is 0.198. The van der Waals surface area contributed by atoms with Crippen LogP contribution >= 0.6 is 11.3 Å². The summed E-state index contributed by atoms with van der Waals surface area (Å²) in [5, 5.41) is 8.25. The summed E-state index contributed by atoms with van der Waals surface area (Å²) in [5.74, 6) is -0.395. The van der Waals surface area contributed by atoms with Crippen LogP contribution < -0.4 is 10.9 Å². The number of aromatic nitrogens is 3. The summed E-state index contributed by atoms with van der Waals surface area (Å²) in [6.07, 6.45) is 0.765. The van der Waals surface area contributed by atoms with Crippen LogP contribution in [0.25, 0.3) is 4.96 Å². The Morgan fingerprint density at radius 3 is 2.96 bits per heavy atom. The van der Waals surface area contributed by atoms with Gasteiger partial charge in [0.15, 0.2) is 0 Å². The molecule has 8 heteroatoms. The van der Waals surface area contributed by atoms with Crippen LogP contribution in [0.15, 0.2) is 35.1 Å². The number of rotatable bonds is 5. The first-order valence-corrected chi connectivity index (χ1v) is 8.23. The summed E-state index contributed by atoms with van der Waals surface area (Å²) in [6, 6.07) is 8.43. The number of hydrogen-bond donors (Lipinski definition) is 1. The van der Waals surface area contributed by atoms with E-state index in [1.807, 2.05) is 13.0 Å². The van der Waals surface area contributed by atoms with E-state index in [1.165, 1.54) is 29.0 Å². The Morgan fingerprint density at radius 1 is 1.38 bits per heavy atom. The highest BCUT2D eigenvalue weighted by molar-refractivity contribution is 7.16. The van der Waals surface area contributed by atoms with Gasteiger partial charge in [0.1, 0.15) is 5.01 Å². The zero-order valence-corrected chi connectivity index (χ0v) is 14.1. The summed E-state index contributed by atoms with van der Waals surface area (Å²) in [7, 11) is 1.34. The molecule has 3 aromatic rings. The lowest BCUT2D eigenvalue weighted by molar-refractivity contribution is 0.0601. The van der Waals surface area contributed by atoms with E-state index in [2.05, 4.69) is 15.4 Å². The van der Waals surface area contributed by atoms with Crippen molar-refractivity contribution in [2.75, 3.05) is 12.4 Å². The summed E-state index contributed by atoms with van der Waals surface area (Å²) >= 11 is 1.41. The number of esters is 1. The molecule has 2 aromatic heterocycles. The van der Waals surface area contributed by atoms with Crippen molar-refractivity contribution in [3.8, 4) is 0 Å². The van der Waals surface area contributed by atoms with Crippen molar-refractivity contribution in [2.45, 2.75) is 19.9 Å². The Hall–Kier alpha value is -2.74. The molecule has 3 rings (SSSR count). The smallest absolute Gasteiger partial charge is 0.337 e. The van der Waals surface area contributed by atoms with Crippen LogP contribution in [0.2, 0.25) is 0 Å². The van der Waals surface area contributed by atoms with Crippen LogP contribution in [0.1, 0.15) is 28.0 Å². The van der Waals surface area contributed by atoms with Gasteiger partial charge >= 0.3 is 5.97 Å². The molecular weight excluding hydrogens is 328 g/mol. The topological polar surface area (TPSA) is 85.6 Å². The molecule has 0 radical (unpaired) electrons. The average Bonchev–Trinajstić information content (AvgIpc) is 3.03. The highest BCUT2D eigenvalue weighted by atomic mass is 32.1. The van der Waals surface area contributed by atoms with Crippen molar-refractivity contribution in [3.63, 3.8) is 0 Å². The van der Waals surface area contributed by atoms with Crippen molar-refractivity contribution in [3.05, 3.63) is 57.0 Å². The maximum Gasteiger partial charge on any atom is 0.337 e. The molecule has 0 atom stereocenters. The first kappa shape index (κ1) is 16.1. The number of nitrogens with one attached hydrogen (secondary N) is 1. The molecule has 0 unspecified atom stereocenters. The Kier molecular flexibility index (Phi) is 4.57.